The summed E-state index contributed by atoms with van der Waals surface area (Å²) in [6, 6.07) is 1.03. The minimum Gasteiger partial charge on any atom is -0.386 e. The highest BCUT2D eigenvalue weighted by atomic mass is 35.5. The van der Waals surface area contributed by atoms with Crippen molar-refractivity contribution in [1.82, 2.24) is 0 Å². The van der Waals surface area contributed by atoms with Crippen LogP contribution in [-0.4, -0.2) is 5.11 Å². The van der Waals surface area contributed by atoms with Crippen LogP contribution < -0.4 is 22.5 Å². The average Bonchev–Trinajstić information content (AvgIpc) is 2.76. The van der Waals surface area contributed by atoms with E-state index in [-0.39, 0.29) is 27.1 Å². The summed E-state index contributed by atoms with van der Waals surface area (Å²) in [5.41, 5.74) is -4.42. The standard InChI is InChI=1S/C12H5ClO7/c1-12(13,18)7-5-3(8(14)19-10(5)16)2-4-6(7)11(17)20-9(4)15/h2,18H,1H3. The van der Waals surface area contributed by atoms with Crippen LogP contribution in [0.3, 0.4) is 0 Å². The highest BCUT2D eigenvalue weighted by molar-refractivity contribution is 6.25. The number of benzene rings is 1. The van der Waals surface area contributed by atoms with Gasteiger partial charge in [-0.15, -0.1) is 0 Å². The van der Waals surface area contributed by atoms with Crippen LogP contribution in [0.4, 0.5) is 0 Å². The van der Waals surface area contributed by atoms with Gasteiger partial charge in [0.1, 0.15) is 0 Å². The maximum atomic E-state index is 11.7. The minimum atomic E-state index is -2.16. The maximum Gasteiger partial charge on any atom is 0.347 e. The second-order valence-electron chi connectivity index (χ2n) is 4.40. The fourth-order valence-electron chi connectivity index (χ4n) is 2.27. The van der Waals surface area contributed by atoms with Crippen molar-refractivity contribution in [3.05, 3.63) is 53.3 Å². The zero-order chi connectivity index (χ0) is 14.8. The van der Waals surface area contributed by atoms with Gasteiger partial charge in [-0.1, -0.05) is 11.6 Å². The first-order valence-electron chi connectivity index (χ1n) is 5.37. The van der Waals surface area contributed by atoms with E-state index in [9.17, 15) is 24.3 Å². The summed E-state index contributed by atoms with van der Waals surface area (Å²) >= 11 is 5.77. The van der Waals surface area contributed by atoms with E-state index in [4.69, 9.17) is 11.6 Å². The van der Waals surface area contributed by atoms with Gasteiger partial charge in [0.15, 0.2) is 5.06 Å². The molecule has 0 saturated heterocycles. The van der Waals surface area contributed by atoms with Crippen LogP contribution in [0.1, 0.15) is 12.5 Å². The van der Waals surface area contributed by atoms with E-state index in [1.807, 2.05) is 0 Å². The molecule has 1 unspecified atom stereocenters. The van der Waals surface area contributed by atoms with Crippen LogP contribution >= 0.6 is 11.6 Å². The molecule has 0 fully saturated rings. The van der Waals surface area contributed by atoms with E-state index in [2.05, 4.69) is 8.83 Å². The molecule has 3 rings (SSSR count). The number of furan rings is 2. The van der Waals surface area contributed by atoms with Gasteiger partial charge in [0, 0.05) is 5.56 Å². The van der Waals surface area contributed by atoms with Crippen LogP contribution in [-0.2, 0) is 5.06 Å². The summed E-state index contributed by atoms with van der Waals surface area (Å²) in [5.74, 6) is 0. The molecule has 0 bridgehead atoms. The SMILES string of the molecule is CC(O)(Cl)c1c2c(=O)oc(=O)c2cc2c(=O)oc(=O)c12. The van der Waals surface area contributed by atoms with Crippen molar-refractivity contribution in [3.63, 3.8) is 0 Å². The molecule has 0 aliphatic heterocycles. The van der Waals surface area contributed by atoms with Crippen molar-refractivity contribution in [2.24, 2.45) is 0 Å². The molecule has 0 aliphatic rings. The summed E-state index contributed by atoms with van der Waals surface area (Å²) in [6.45, 7) is 1.09. The molecule has 0 radical (unpaired) electrons. The number of hydrogen-bond acceptors (Lipinski definition) is 7. The van der Waals surface area contributed by atoms with Crippen LogP contribution in [0.25, 0.3) is 21.5 Å². The number of hydrogen-bond donors (Lipinski definition) is 1. The van der Waals surface area contributed by atoms with Crippen molar-refractivity contribution in [2.45, 2.75) is 12.0 Å². The first-order valence-corrected chi connectivity index (χ1v) is 5.75. The van der Waals surface area contributed by atoms with Gasteiger partial charge in [0.25, 0.3) is 0 Å². The van der Waals surface area contributed by atoms with Crippen LogP contribution in [0, 0.1) is 0 Å². The van der Waals surface area contributed by atoms with Crippen LogP contribution in [0.5, 0.6) is 0 Å². The Morgan fingerprint density at radius 2 is 1.35 bits per heavy atom. The summed E-state index contributed by atoms with van der Waals surface area (Å²) in [6.07, 6.45) is 0. The highest BCUT2D eigenvalue weighted by Crippen LogP contribution is 2.34. The van der Waals surface area contributed by atoms with Crippen molar-refractivity contribution in [2.75, 3.05) is 0 Å². The van der Waals surface area contributed by atoms with E-state index in [0.717, 1.165) is 13.0 Å². The molecule has 102 valence electrons. The van der Waals surface area contributed by atoms with Crippen LogP contribution in [0.15, 0.2) is 34.1 Å². The van der Waals surface area contributed by atoms with Gasteiger partial charge in [0.05, 0.1) is 21.5 Å². The van der Waals surface area contributed by atoms with E-state index >= 15 is 0 Å². The molecular formula is C12H5ClO7. The van der Waals surface area contributed by atoms with E-state index < -0.39 is 27.6 Å². The van der Waals surface area contributed by atoms with Gasteiger partial charge in [0.2, 0.25) is 0 Å². The van der Waals surface area contributed by atoms with Gasteiger partial charge in [-0.2, -0.15) is 0 Å². The van der Waals surface area contributed by atoms with Gasteiger partial charge >= 0.3 is 22.5 Å². The molecular weight excluding hydrogens is 292 g/mol. The predicted molar refractivity (Wildman–Crippen MR) is 68.9 cm³/mol. The molecule has 1 N–H and O–H groups in total. The van der Waals surface area contributed by atoms with Crippen LogP contribution in [0.2, 0.25) is 0 Å². The third-order valence-corrected chi connectivity index (χ3v) is 3.19. The monoisotopic (exact) mass is 296 g/mol. The molecule has 1 atom stereocenters. The van der Waals surface area contributed by atoms with E-state index in [1.54, 1.807) is 0 Å². The summed E-state index contributed by atoms with van der Waals surface area (Å²) < 4.78 is 8.81. The second-order valence-corrected chi connectivity index (χ2v) is 5.14. The van der Waals surface area contributed by atoms with Gasteiger partial charge in [-0.3, -0.25) is 0 Å². The normalized spacial score (nSPS) is 14.9. The molecule has 1 aromatic carbocycles. The Labute approximate surface area is 113 Å². The number of halogens is 1. The molecule has 3 aromatic rings. The van der Waals surface area contributed by atoms with Gasteiger partial charge < -0.3 is 13.9 Å². The first-order chi connectivity index (χ1) is 9.21. The summed E-state index contributed by atoms with van der Waals surface area (Å²) in [5, 5.41) is 6.64. The summed E-state index contributed by atoms with van der Waals surface area (Å²) in [7, 11) is 0. The molecule has 8 heteroatoms. The van der Waals surface area contributed by atoms with E-state index in [0.29, 0.717) is 0 Å². The van der Waals surface area contributed by atoms with Gasteiger partial charge in [-0.05, 0) is 13.0 Å². The smallest absolute Gasteiger partial charge is 0.347 e. The Balaban J connectivity index is 2.85. The predicted octanol–water partition coefficient (Wildman–Crippen LogP) is -0.101. The fraction of sp³-hybridized carbons (Fsp3) is 0.167. The zero-order valence-electron chi connectivity index (χ0n) is 9.85. The van der Waals surface area contributed by atoms with Crippen molar-refractivity contribution in [1.29, 1.82) is 0 Å². The lowest BCUT2D eigenvalue weighted by atomic mass is 9.98. The lowest BCUT2D eigenvalue weighted by Gasteiger charge is -2.15. The molecule has 20 heavy (non-hydrogen) atoms. The van der Waals surface area contributed by atoms with Crippen molar-refractivity contribution < 1.29 is 13.9 Å². The van der Waals surface area contributed by atoms with Crippen molar-refractivity contribution in [3.8, 4) is 0 Å². The Hall–Kier alpha value is -2.25. The zero-order valence-corrected chi connectivity index (χ0v) is 10.6. The number of alkyl halides is 1. The third-order valence-electron chi connectivity index (χ3n) is 3.00. The topological polar surface area (TPSA) is 115 Å². The molecule has 2 aromatic heterocycles. The molecule has 0 aliphatic carbocycles. The molecule has 0 saturated carbocycles. The lowest BCUT2D eigenvalue weighted by molar-refractivity contribution is 0.153. The Morgan fingerprint density at radius 3 is 1.70 bits per heavy atom. The fourth-order valence-corrected chi connectivity index (χ4v) is 2.45. The van der Waals surface area contributed by atoms with Crippen molar-refractivity contribution >= 4 is 33.1 Å². The van der Waals surface area contributed by atoms with Gasteiger partial charge in [-0.25, -0.2) is 19.2 Å². The molecule has 0 amide bonds. The maximum absolute atomic E-state index is 11.7. The number of fused-ring (bicyclic) bond motifs is 2. The third kappa shape index (κ3) is 1.50. The minimum absolute atomic E-state index is 0.240. The number of aliphatic hydroxyl groups is 1. The Kier molecular flexibility index (Phi) is 2.33. The average molecular weight is 297 g/mol. The number of rotatable bonds is 1. The quantitative estimate of drug-likeness (QED) is 0.623. The Morgan fingerprint density at radius 1 is 0.950 bits per heavy atom. The molecule has 7 nitrogen and oxygen atoms in total. The summed E-state index contributed by atoms with van der Waals surface area (Å²) in [4.78, 5) is 46.4. The second kappa shape index (κ2) is 3.65. The highest BCUT2D eigenvalue weighted by Gasteiger charge is 2.32. The lowest BCUT2D eigenvalue weighted by Crippen LogP contribution is -2.17. The molecule has 0 spiro atoms. The largest absolute Gasteiger partial charge is 0.386 e. The van der Waals surface area contributed by atoms with E-state index in [1.165, 1.54) is 0 Å². The first kappa shape index (κ1) is 12.8. The molecule has 2 heterocycles. The Bertz CT molecular complexity index is 978.